The largest absolute Gasteiger partial charge is 0.462 e. The Kier molecular flexibility index (Phi) is 8.54. The van der Waals surface area contributed by atoms with Crippen LogP contribution in [0.5, 0.6) is 0 Å². The third-order valence-electron chi connectivity index (χ3n) is 4.59. The molecule has 1 atom stereocenters. The van der Waals surface area contributed by atoms with Crippen LogP contribution in [0.3, 0.4) is 0 Å². The molecule has 0 aliphatic heterocycles. The van der Waals surface area contributed by atoms with Gasteiger partial charge in [-0.15, -0.1) is 0 Å². The molecule has 144 valence electrons. The number of unbranched alkanes of at least 4 members (excludes halogenated alkanes) is 2. The summed E-state index contributed by atoms with van der Waals surface area (Å²) in [5, 5.41) is 1.74. The summed E-state index contributed by atoms with van der Waals surface area (Å²) < 4.78 is 19.5. The first kappa shape index (κ1) is 21.2. The molecule has 1 unspecified atom stereocenters. The summed E-state index contributed by atoms with van der Waals surface area (Å²) in [6, 6.07) is 19.5. The van der Waals surface area contributed by atoms with Crippen molar-refractivity contribution in [1.29, 1.82) is 0 Å². The molecule has 3 nitrogen and oxygen atoms in total. The van der Waals surface area contributed by atoms with E-state index in [0.29, 0.717) is 0 Å². The summed E-state index contributed by atoms with van der Waals surface area (Å²) in [4.78, 5) is 11.0. The molecule has 0 spiro atoms. The number of rotatable bonds is 10. The average molecular weight is 384 g/mol. The van der Waals surface area contributed by atoms with E-state index in [1.54, 1.807) is 0 Å². The molecule has 0 fully saturated rings. The summed E-state index contributed by atoms with van der Waals surface area (Å²) in [5.74, 6) is -0.309. The molecule has 0 saturated carbocycles. The number of esters is 1. The van der Waals surface area contributed by atoms with E-state index in [1.807, 2.05) is 72.8 Å². The monoisotopic (exact) mass is 384 g/mol. The zero-order valence-electron chi connectivity index (χ0n) is 16.2. The molecule has 0 bridgehead atoms. The van der Waals surface area contributed by atoms with E-state index in [2.05, 4.69) is 6.92 Å². The highest BCUT2D eigenvalue weighted by Gasteiger charge is 2.34. The van der Waals surface area contributed by atoms with Crippen LogP contribution >= 0.6 is 7.14 Å². The van der Waals surface area contributed by atoms with Crippen LogP contribution in [0, 0.1) is 0 Å². The molecule has 0 aliphatic rings. The van der Waals surface area contributed by atoms with Crippen molar-refractivity contribution < 1.29 is 14.1 Å². The molecular formula is C23H29O3P. The molecular weight excluding hydrogens is 355 g/mol. The zero-order valence-corrected chi connectivity index (χ0v) is 17.1. The Morgan fingerprint density at radius 2 is 1.56 bits per heavy atom. The number of hydrogen-bond acceptors (Lipinski definition) is 3. The molecule has 4 heteroatoms. The number of carbonyl (C=O) groups is 1. The number of ether oxygens (including phenoxy) is 1. The van der Waals surface area contributed by atoms with Gasteiger partial charge in [-0.05, 0) is 6.42 Å². The SMILES string of the molecule is CCCCCC(/C=C/COC(C)=O)P(=O)(c1ccccc1)c1ccccc1. The highest BCUT2D eigenvalue weighted by molar-refractivity contribution is 7.79. The Bertz CT molecular complexity index is 725. The van der Waals surface area contributed by atoms with Crippen LogP contribution in [0.15, 0.2) is 72.8 Å². The minimum Gasteiger partial charge on any atom is -0.462 e. The van der Waals surface area contributed by atoms with Gasteiger partial charge in [0.1, 0.15) is 13.7 Å². The van der Waals surface area contributed by atoms with Crippen molar-refractivity contribution in [3.8, 4) is 0 Å². The Morgan fingerprint density at radius 1 is 1.00 bits per heavy atom. The second-order valence-corrected chi connectivity index (χ2v) is 9.64. The van der Waals surface area contributed by atoms with E-state index in [9.17, 15) is 9.36 Å². The van der Waals surface area contributed by atoms with Crippen LogP contribution < -0.4 is 10.6 Å². The number of carbonyl (C=O) groups excluding carboxylic acids is 1. The van der Waals surface area contributed by atoms with Crippen molar-refractivity contribution in [2.24, 2.45) is 0 Å². The molecule has 2 rings (SSSR count). The standard InChI is InChI=1S/C23H29O3P/c1-3-4-7-13-23(18-12-19-26-20(2)24)27(25,21-14-8-5-9-15-21)22-16-10-6-11-17-22/h5-6,8-12,14-18,23H,3-4,7,13,19H2,1-2H3/b18-12+. The Balaban J connectivity index is 2.42. The van der Waals surface area contributed by atoms with Crippen molar-refractivity contribution >= 4 is 23.7 Å². The maximum atomic E-state index is 14.5. The van der Waals surface area contributed by atoms with E-state index in [1.165, 1.54) is 6.92 Å². The normalized spacial score (nSPS) is 12.8. The number of allylic oxidation sites excluding steroid dienone is 1. The first-order valence-corrected chi connectivity index (χ1v) is 11.4. The van der Waals surface area contributed by atoms with Crippen molar-refractivity contribution in [2.45, 2.75) is 45.2 Å². The average Bonchev–Trinajstić information content (AvgIpc) is 2.70. The van der Waals surface area contributed by atoms with Crippen molar-refractivity contribution in [3.05, 3.63) is 72.8 Å². The second kappa shape index (κ2) is 10.9. The highest BCUT2D eigenvalue weighted by Crippen LogP contribution is 2.51. The van der Waals surface area contributed by atoms with Crippen molar-refractivity contribution in [2.75, 3.05) is 6.61 Å². The fraction of sp³-hybridized carbons (Fsp3) is 0.348. The quantitative estimate of drug-likeness (QED) is 0.249. The summed E-state index contributed by atoms with van der Waals surface area (Å²) in [7, 11) is -2.87. The van der Waals surface area contributed by atoms with E-state index < -0.39 is 7.14 Å². The van der Waals surface area contributed by atoms with Gasteiger partial charge in [0.05, 0.1) is 0 Å². The maximum Gasteiger partial charge on any atom is 0.302 e. The van der Waals surface area contributed by atoms with Crippen molar-refractivity contribution in [1.82, 2.24) is 0 Å². The van der Waals surface area contributed by atoms with Crippen LogP contribution in [-0.4, -0.2) is 18.2 Å². The molecule has 0 aliphatic carbocycles. The van der Waals surface area contributed by atoms with E-state index >= 15 is 0 Å². The number of benzene rings is 2. The van der Waals surface area contributed by atoms with E-state index in [4.69, 9.17) is 4.74 Å². The Morgan fingerprint density at radius 3 is 2.04 bits per heavy atom. The van der Waals surface area contributed by atoms with Gasteiger partial charge < -0.3 is 9.30 Å². The molecule has 0 N–H and O–H groups in total. The minimum atomic E-state index is -2.87. The fourth-order valence-electron chi connectivity index (χ4n) is 3.21. The van der Waals surface area contributed by atoms with Crippen LogP contribution in [0.2, 0.25) is 0 Å². The lowest BCUT2D eigenvalue weighted by Gasteiger charge is -2.27. The van der Waals surface area contributed by atoms with E-state index in [0.717, 1.165) is 36.3 Å². The molecule has 0 saturated heterocycles. The fourth-order valence-corrected chi connectivity index (χ4v) is 6.42. The summed E-state index contributed by atoms with van der Waals surface area (Å²) in [6.07, 6.45) is 7.90. The molecule has 0 aromatic heterocycles. The highest BCUT2D eigenvalue weighted by atomic mass is 31.2. The smallest absolute Gasteiger partial charge is 0.302 e. The Labute approximate surface area is 162 Å². The molecule has 0 radical (unpaired) electrons. The van der Waals surface area contributed by atoms with Gasteiger partial charge in [0, 0.05) is 23.2 Å². The predicted molar refractivity (Wildman–Crippen MR) is 113 cm³/mol. The maximum absolute atomic E-state index is 14.5. The zero-order chi connectivity index (χ0) is 19.5. The Hall–Kier alpha value is -2.12. The first-order valence-electron chi connectivity index (χ1n) is 9.60. The first-order chi connectivity index (χ1) is 13.1. The summed E-state index contributed by atoms with van der Waals surface area (Å²) >= 11 is 0. The van der Waals surface area contributed by atoms with Gasteiger partial charge in [0.25, 0.3) is 0 Å². The molecule has 0 heterocycles. The third kappa shape index (κ3) is 5.94. The second-order valence-electron chi connectivity index (χ2n) is 6.62. The van der Waals surface area contributed by atoms with E-state index in [-0.39, 0.29) is 18.2 Å². The van der Waals surface area contributed by atoms with Gasteiger partial charge in [-0.2, -0.15) is 0 Å². The molecule has 0 amide bonds. The topological polar surface area (TPSA) is 43.4 Å². The van der Waals surface area contributed by atoms with Crippen LogP contribution in [0.1, 0.15) is 39.5 Å². The lowest BCUT2D eigenvalue weighted by Crippen LogP contribution is -2.25. The summed E-state index contributed by atoms with van der Waals surface area (Å²) in [5.41, 5.74) is -0.121. The van der Waals surface area contributed by atoms with Gasteiger partial charge in [-0.1, -0.05) is 99.0 Å². The molecule has 2 aromatic rings. The molecule has 27 heavy (non-hydrogen) atoms. The van der Waals surface area contributed by atoms with Gasteiger partial charge in [-0.25, -0.2) is 0 Å². The van der Waals surface area contributed by atoms with Crippen LogP contribution in [0.4, 0.5) is 0 Å². The third-order valence-corrected chi connectivity index (χ3v) is 8.09. The summed E-state index contributed by atoms with van der Waals surface area (Å²) in [6.45, 7) is 3.77. The van der Waals surface area contributed by atoms with Crippen LogP contribution in [-0.2, 0) is 14.1 Å². The molecule has 2 aromatic carbocycles. The van der Waals surface area contributed by atoms with Gasteiger partial charge in [0.2, 0.25) is 0 Å². The van der Waals surface area contributed by atoms with Gasteiger partial charge in [-0.3, -0.25) is 4.79 Å². The van der Waals surface area contributed by atoms with Gasteiger partial charge >= 0.3 is 5.97 Å². The predicted octanol–water partition coefficient (Wildman–Crippen LogP) is 5.07. The lowest BCUT2D eigenvalue weighted by atomic mass is 10.1. The van der Waals surface area contributed by atoms with Crippen molar-refractivity contribution in [3.63, 3.8) is 0 Å². The van der Waals surface area contributed by atoms with Crippen LogP contribution in [0.25, 0.3) is 0 Å². The number of hydrogen-bond donors (Lipinski definition) is 0. The minimum absolute atomic E-state index is 0.121. The van der Waals surface area contributed by atoms with Gasteiger partial charge in [0.15, 0.2) is 0 Å². The lowest BCUT2D eigenvalue weighted by molar-refractivity contribution is -0.139.